The van der Waals surface area contributed by atoms with Crippen molar-refractivity contribution in [2.24, 2.45) is 0 Å². The molecule has 19 heavy (non-hydrogen) atoms. The lowest BCUT2D eigenvalue weighted by molar-refractivity contribution is 0.303. The van der Waals surface area contributed by atoms with Crippen molar-refractivity contribution in [1.82, 2.24) is 0 Å². The van der Waals surface area contributed by atoms with E-state index in [4.69, 9.17) is 19.9 Å². The maximum absolute atomic E-state index is 5.79. The third kappa shape index (κ3) is 3.55. The van der Waals surface area contributed by atoms with E-state index in [9.17, 15) is 0 Å². The van der Waals surface area contributed by atoms with Crippen LogP contribution in [0.25, 0.3) is 0 Å². The van der Waals surface area contributed by atoms with Crippen molar-refractivity contribution < 1.29 is 14.2 Å². The highest BCUT2D eigenvalue weighted by atomic mass is 16.5. The minimum Gasteiger partial charge on any atom is -0.497 e. The molecule has 0 aliphatic rings. The van der Waals surface area contributed by atoms with Gasteiger partial charge in [0.2, 0.25) is 0 Å². The molecular formula is C15H17NO3. The highest BCUT2D eigenvalue weighted by Gasteiger charge is 2.02. The van der Waals surface area contributed by atoms with E-state index in [1.807, 2.05) is 36.4 Å². The molecule has 2 rings (SSSR count). The zero-order valence-corrected chi connectivity index (χ0v) is 11.1. The quantitative estimate of drug-likeness (QED) is 0.839. The fourth-order valence-electron chi connectivity index (χ4n) is 1.74. The number of benzene rings is 2. The lowest BCUT2D eigenvalue weighted by atomic mass is 10.2. The van der Waals surface area contributed by atoms with E-state index < -0.39 is 0 Å². The zero-order chi connectivity index (χ0) is 13.7. The van der Waals surface area contributed by atoms with Gasteiger partial charge in [0.15, 0.2) is 0 Å². The second-order valence-electron chi connectivity index (χ2n) is 4.08. The maximum atomic E-state index is 5.79. The number of anilines is 1. The predicted octanol–water partition coefficient (Wildman–Crippen LogP) is 2.87. The first-order valence-electron chi connectivity index (χ1n) is 5.91. The third-order valence-electron chi connectivity index (χ3n) is 2.67. The van der Waals surface area contributed by atoms with Gasteiger partial charge in [0.05, 0.1) is 14.2 Å². The topological polar surface area (TPSA) is 53.7 Å². The molecular weight excluding hydrogens is 242 g/mol. The highest BCUT2D eigenvalue weighted by Crippen LogP contribution is 2.22. The Morgan fingerprint density at radius 3 is 2.37 bits per heavy atom. The number of nitrogens with two attached hydrogens (primary N) is 1. The lowest BCUT2D eigenvalue weighted by Gasteiger charge is -2.09. The summed E-state index contributed by atoms with van der Waals surface area (Å²) in [5, 5.41) is 0. The van der Waals surface area contributed by atoms with Gasteiger partial charge in [0.1, 0.15) is 23.9 Å². The largest absolute Gasteiger partial charge is 0.497 e. The van der Waals surface area contributed by atoms with Crippen molar-refractivity contribution >= 4 is 5.69 Å². The van der Waals surface area contributed by atoms with Crippen LogP contribution in [0.4, 0.5) is 5.69 Å². The first-order valence-corrected chi connectivity index (χ1v) is 5.91. The fourth-order valence-corrected chi connectivity index (χ4v) is 1.74. The van der Waals surface area contributed by atoms with E-state index in [0.717, 1.165) is 22.8 Å². The SMILES string of the molecule is COc1cc(N)cc(COc2cccc(OC)c2)c1. The van der Waals surface area contributed by atoms with E-state index in [1.54, 1.807) is 20.3 Å². The second kappa shape index (κ2) is 6.00. The Balaban J connectivity index is 2.07. The molecule has 0 saturated carbocycles. The van der Waals surface area contributed by atoms with Crippen LogP contribution in [0, 0.1) is 0 Å². The Labute approximate surface area is 112 Å². The van der Waals surface area contributed by atoms with E-state index in [-0.39, 0.29) is 0 Å². The molecule has 0 unspecified atom stereocenters. The minimum atomic E-state index is 0.425. The maximum Gasteiger partial charge on any atom is 0.123 e. The van der Waals surface area contributed by atoms with Crippen molar-refractivity contribution in [2.75, 3.05) is 20.0 Å². The number of methoxy groups -OCH3 is 2. The molecule has 0 aliphatic heterocycles. The van der Waals surface area contributed by atoms with E-state index in [0.29, 0.717) is 12.3 Å². The molecule has 4 nitrogen and oxygen atoms in total. The van der Waals surface area contributed by atoms with Gasteiger partial charge in [-0.05, 0) is 29.8 Å². The van der Waals surface area contributed by atoms with Gasteiger partial charge in [-0.25, -0.2) is 0 Å². The molecule has 100 valence electrons. The molecule has 0 saturated heterocycles. The Hall–Kier alpha value is -2.36. The van der Waals surface area contributed by atoms with Crippen LogP contribution in [0.2, 0.25) is 0 Å². The summed E-state index contributed by atoms with van der Waals surface area (Å²) in [5.41, 5.74) is 7.41. The summed E-state index contributed by atoms with van der Waals surface area (Å²) in [5.74, 6) is 2.24. The molecule has 0 heterocycles. The number of nitrogen functional groups attached to an aromatic ring is 1. The predicted molar refractivity (Wildman–Crippen MR) is 74.7 cm³/mol. The van der Waals surface area contributed by atoms with Crippen molar-refractivity contribution in [2.45, 2.75) is 6.61 Å². The normalized spacial score (nSPS) is 10.0. The van der Waals surface area contributed by atoms with Crippen LogP contribution in [-0.4, -0.2) is 14.2 Å². The number of hydrogen-bond donors (Lipinski definition) is 1. The minimum absolute atomic E-state index is 0.425. The molecule has 4 heteroatoms. The van der Waals surface area contributed by atoms with Crippen LogP contribution >= 0.6 is 0 Å². The molecule has 2 aromatic carbocycles. The fraction of sp³-hybridized carbons (Fsp3) is 0.200. The summed E-state index contributed by atoms with van der Waals surface area (Å²) >= 11 is 0. The van der Waals surface area contributed by atoms with Gasteiger partial charge in [0.25, 0.3) is 0 Å². The van der Waals surface area contributed by atoms with Crippen LogP contribution in [0.15, 0.2) is 42.5 Å². The van der Waals surface area contributed by atoms with Crippen LogP contribution in [0.1, 0.15) is 5.56 Å². The summed E-state index contributed by atoms with van der Waals surface area (Å²) in [6.07, 6.45) is 0. The van der Waals surface area contributed by atoms with Gasteiger partial charge >= 0.3 is 0 Å². The zero-order valence-electron chi connectivity index (χ0n) is 11.1. The standard InChI is InChI=1S/C15H17NO3/c1-17-13-4-3-5-14(9-13)19-10-11-6-12(16)8-15(7-11)18-2/h3-9H,10,16H2,1-2H3. The molecule has 0 atom stereocenters. The molecule has 0 aliphatic carbocycles. The molecule has 0 fully saturated rings. The smallest absolute Gasteiger partial charge is 0.123 e. The number of ether oxygens (including phenoxy) is 3. The number of rotatable bonds is 5. The second-order valence-corrected chi connectivity index (χ2v) is 4.08. The first-order chi connectivity index (χ1) is 9.21. The summed E-state index contributed by atoms with van der Waals surface area (Å²) in [4.78, 5) is 0. The van der Waals surface area contributed by atoms with Gasteiger partial charge < -0.3 is 19.9 Å². The van der Waals surface area contributed by atoms with Crippen LogP contribution < -0.4 is 19.9 Å². The third-order valence-corrected chi connectivity index (χ3v) is 2.67. The molecule has 0 amide bonds. The van der Waals surface area contributed by atoms with Crippen LogP contribution in [0.3, 0.4) is 0 Å². The van der Waals surface area contributed by atoms with Crippen molar-refractivity contribution in [1.29, 1.82) is 0 Å². The lowest BCUT2D eigenvalue weighted by Crippen LogP contribution is -1.98. The molecule has 2 N–H and O–H groups in total. The van der Waals surface area contributed by atoms with Gasteiger partial charge in [0, 0.05) is 17.8 Å². The van der Waals surface area contributed by atoms with Gasteiger partial charge in [-0.1, -0.05) is 6.07 Å². The van der Waals surface area contributed by atoms with Crippen LogP contribution in [0.5, 0.6) is 17.2 Å². The van der Waals surface area contributed by atoms with E-state index in [1.165, 1.54) is 0 Å². The highest BCUT2D eigenvalue weighted by molar-refractivity contribution is 5.47. The van der Waals surface area contributed by atoms with Gasteiger partial charge in [-0.3, -0.25) is 0 Å². The summed E-state index contributed by atoms with van der Waals surface area (Å²) in [6.45, 7) is 0.425. The van der Waals surface area contributed by atoms with Gasteiger partial charge in [-0.2, -0.15) is 0 Å². The molecule has 0 aromatic heterocycles. The van der Waals surface area contributed by atoms with Crippen LogP contribution in [-0.2, 0) is 6.61 Å². The monoisotopic (exact) mass is 259 g/mol. The Bertz CT molecular complexity index is 555. The average Bonchev–Trinajstić information content (AvgIpc) is 2.44. The Kier molecular flexibility index (Phi) is 4.13. The van der Waals surface area contributed by atoms with Gasteiger partial charge in [-0.15, -0.1) is 0 Å². The summed E-state index contributed by atoms with van der Waals surface area (Å²) in [6, 6.07) is 13.0. The molecule has 2 aromatic rings. The van der Waals surface area contributed by atoms with Crippen molar-refractivity contribution in [3.63, 3.8) is 0 Å². The first kappa shape index (κ1) is 13.1. The molecule has 0 radical (unpaired) electrons. The summed E-state index contributed by atoms with van der Waals surface area (Å²) in [7, 11) is 3.24. The van der Waals surface area contributed by atoms with Crippen molar-refractivity contribution in [3.8, 4) is 17.2 Å². The Morgan fingerprint density at radius 2 is 1.63 bits per heavy atom. The Morgan fingerprint density at radius 1 is 0.895 bits per heavy atom. The molecule has 0 bridgehead atoms. The molecule has 0 spiro atoms. The number of hydrogen-bond acceptors (Lipinski definition) is 4. The summed E-state index contributed by atoms with van der Waals surface area (Å²) < 4.78 is 16.0. The average molecular weight is 259 g/mol. The van der Waals surface area contributed by atoms with E-state index >= 15 is 0 Å². The van der Waals surface area contributed by atoms with Crippen molar-refractivity contribution in [3.05, 3.63) is 48.0 Å². The van der Waals surface area contributed by atoms with E-state index in [2.05, 4.69) is 0 Å².